The Balaban J connectivity index is 1.81. The summed E-state index contributed by atoms with van der Waals surface area (Å²) in [5.41, 5.74) is 5.42. The number of nitrogens with one attached hydrogen (secondary N) is 1. The van der Waals surface area contributed by atoms with Crippen molar-refractivity contribution in [3.63, 3.8) is 0 Å². The van der Waals surface area contributed by atoms with E-state index in [1.807, 2.05) is 0 Å². The third-order valence-corrected chi connectivity index (χ3v) is 5.12. The lowest BCUT2D eigenvalue weighted by atomic mass is 9.95. The number of amides is 1. The maximum Gasteiger partial charge on any atom is 0.224 e. The molecule has 18 heavy (non-hydrogen) atoms. The predicted molar refractivity (Wildman–Crippen MR) is 76.7 cm³/mol. The van der Waals surface area contributed by atoms with Crippen LogP contribution in [0.3, 0.4) is 0 Å². The normalized spacial score (nSPS) is 30.1. The Morgan fingerprint density at radius 1 is 1.39 bits per heavy atom. The number of carbonyl (C=O) groups excluding carboxylic acids is 1. The van der Waals surface area contributed by atoms with Crippen LogP contribution in [0.15, 0.2) is 0 Å². The monoisotopic (exact) mass is 271 g/mol. The zero-order chi connectivity index (χ0) is 12.8. The molecule has 2 atom stereocenters. The Bertz CT molecular complexity index is 269. The second-order valence-electron chi connectivity index (χ2n) is 5.28. The Morgan fingerprint density at radius 2 is 2.28 bits per heavy atom. The molecular weight excluding hydrogens is 246 g/mol. The molecule has 2 unspecified atom stereocenters. The lowest BCUT2D eigenvalue weighted by Crippen LogP contribution is -2.49. The molecule has 0 aromatic rings. The standard InChI is InChI=1S/C13H25N3OS/c14-5-6-15-13(17)11-3-1-7-16(9-11)12-4-2-8-18-10-12/h11-12H,1-10,14H2,(H,15,17). The fourth-order valence-electron chi connectivity index (χ4n) is 2.90. The minimum atomic E-state index is 0.178. The molecule has 0 spiro atoms. The molecule has 2 heterocycles. The highest BCUT2D eigenvalue weighted by molar-refractivity contribution is 7.99. The number of likely N-dealkylation sites (tertiary alicyclic amines) is 1. The average molecular weight is 271 g/mol. The number of piperidine rings is 1. The van der Waals surface area contributed by atoms with Crippen molar-refractivity contribution in [2.75, 3.05) is 37.7 Å². The highest BCUT2D eigenvalue weighted by Gasteiger charge is 2.30. The number of hydrogen-bond donors (Lipinski definition) is 2. The van der Waals surface area contributed by atoms with E-state index in [0.29, 0.717) is 19.1 Å². The van der Waals surface area contributed by atoms with Crippen molar-refractivity contribution in [2.24, 2.45) is 11.7 Å². The van der Waals surface area contributed by atoms with Crippen LogP contribution in [-0.2, 0) is 4.79 Å². The Kier molecular flexibility index (Phi) is 5.79. The van der Waals surface area contributed by atoms with Gasteiger partial charge in [-0.1, -0.05) is 0 Å². The molecule has 0 aliphatic carbocycles. The largest absolute Gasteiger partial charge is 0.355 e. The van der Waals surface area contributed by atoms with E-state index in [2.05, 4.69) is 22.0 Å². The van der Waals surface area contributed by atoms with Gasteiger partial charge < -0.3 is 11.1 Å². The van der Waals surface area contributed by atoms with E-state index in [4.69, 9.17) is 5.73 Å². The van der Waals surface area contributed by atoms with Gasteiger partial charge in [0.1, 0.15) is 0 Å². The fourth-order valence-corrected chi connectivity index (χ4v) is 4.09. The molecule has 5 heteroatoms. The van der Waals surface area contributed by atoms with E-state index in [0.717, 1.165) is 19.4 Å². The molecule has 2 aliphatic heterocycles. The summed E-state index contributed by atoms with van der Waals surface area (Å²) in [6, 6.07) is 0.703. The second kappa shape index (κ2) is 7.36. The molecule has 2 saturated heterocycles. The van der Waals surface area contributed by atoms with Crippen molar-refractivity contribution in [3.8, 4) is 0 Å². The summed E-state index contributed by atoms with van der Waals surface area (Å²) in [5.74, 6) is 2.94. The van der Waals surface area contributed by atoms with Crippen LogP contribution >= 0.6 is 11.8 Å². The van der Waals surface area contributed by atoms with E-state index in [9.17, 15) is 4.79 Å². The Morgan fingerprint density at radius 3 is 3.00 bits per heavy atom. The van der Waals surface area contributed by atoms with Gasteiger partial charge in [0.2, 0.25) is 5.91 Å². The number of carbonyl (C=O) groups is 1. The summed E-state index contributed by atoms with van der Waals surface area (Å²) in [6.45, 7) is 3.25. The molecule has 0 bridgehead atoms. The van der Waals surface area contributed by atoms with E-state index in [-0.39, 0.29) is 11.8 Å². The summed E-state index contributed by atoms with van der Waals surface area (Å²) < 4.78 is 0. The summed E-state index contributed by atoms with van der Waals surface area (Å²) >= 11 is 2.06. The summed E-state index contributed by atoms with van der Waals surface area (Å²) in [7, 11) is 0. The molecule has 2 rings (SSSR count). The van der Waals surface area contributed by atoms with Gasteiger partial charge in [0, 0.05) is 31.4 Å². The van der Waals surface area contributed by atoms with Gasteiger partial charge in [0.25, 0.3) is 0 Å². The lowest BCUT2D eigenvalue weighted by molar-refractivity contribution is -0.126. The van der Waals surface area contributed by atoms with Crippen LogP contribution < -0.4 is 11.1 Å². The predicted octanol–water partition coefficient (Wildman–Crippen LogP) is 0.669. The second-order valence-corrected chi connectivity index (χ2v) is 6.43. The summed E-state index contributed by atoms with van der Waals surface area (Å²) in [4.78, 5) is 14.5. The van der Waals surface area contributed by atoms with E-state index in [1.165, 1.54) is 30.9 Å². The quantitative estimate of drug-likeness (QED) is 0.789. The van der Waals surface area contributed by atoms with Crippen molar-refractivity contribution in [3.05, 3.63) is 0 Å². The number of nitrogens with zero attached hydrogens (tertiary/aromatic N) is 1. The van der Waals surface area contributed by atoms with Gasteiger partial charge in [-0.3, -0.25) is 9.69 Å². The van der Waals surface area contributed by atoms with Crippen LogP contribution in [0, 0.1) is 5.92 Å². The molecule has 1 amide bonds. The van der Waals surface area contributed by atoms with Crippen LogP contribution in [0.2, 0.25) is 0 Å². The van der Waals surface area contributed by atoms with Gasteiger partial charge in [-0.05, 0) is 38.0 Å². The highest BCUT2D eigenvalue weighted by atomic mass is 32.2. The molecule has 3 N–H and O–H groups in total. The van der Waals surface area contributed by atoms with Crippen LogP contribution in [0.25, 0.3) is 0 Å². The molecule has 4 nitrogen and oxygen atoms in total. The van der Waals surface area contributed by atoms with Crippen molar-refractivity contribution in [1.82, 2.24) is 10.2 Å². The summed E-state index contributed by atoms with van der Waals surface area (Å²) in [6.07, 6.45) is 4.83. The maximum absolute atomic E-state index is 12.0. The van der Waals surface area contributed by atoms with Gasteiger partial charge in [-0.15, -0.1) is 0 Å². The Hall–Kier alpha value is -0.260. The van der Waals surface area contributed by atoms with Gasteiger partial charge >= 0.3 is 0 Å². The topological polar surface area (TPSA) is 58.4 Å². The van der Waals surface area contributed by atoms with Crippen LogP contribution in [0.4, 0.5) is 0 Å². The smallest absolute Gasteiger partial charge is 0.224 e. The fraction of sp³-hybridized carbons (Fsp3) is 0.923. The molecule has 104 valence electrons. The molecule has 0 aromatic heterocycles. The minimum Gasteiger partial charge on any atom is -0.355 e. The van der Waals surface area contributed by atoms with Gasteiger partial charge in [-0.2, -0.15) is 11.8 Å². The first-order chi connectivity index (χ1) is 8.81. The molecule has 2 aliphatic rings. The molecule has 0 saturated carbocycles. The lowest BCUT2D eigenvalue weighted by Gasteiger charge is -2.39. The first-order valence-electron chi connectivity index (χ1n) is 7.11. The number of hydrogen-bond acceptors (Lipinski definition) is 4. The zero-order valence-corrected chi connectivity index (χ0v) is 11.9. The number of nitrogens with two attached hydrogens (primary N) is 1. The van der Waals surface area contributed by atoms with Crippen LogP contribution in [-0.4, -0.2) is 54.5 Å². The maximum atomic E-state index is 12.0. The van der Waals surface area contributed by atoms with E-state index < -0.39 is 0 Å². The van der Waals surface area contributed by atoms with E-state index in [1.54, 1.807) is 0 Å². The summed E-state index contributed by atoms with van der Waals surface area (Å²) in [5, 5.41) is 2.93. The van der Waals surface area contributed by atoms with Crippen molar-refractivity contribution in [2.45, 2.75) is 31.7 Å². The number of thioether (sulfide) groups is 1. The van der Waals surface area contributed by atoms with Gasteiger partial charge in [0.05, 0.1) is 5.92 Å². The third kappa shape index (κ3) is 3.87. The van der Waals surface area contributed by atoms with Gasteiger partial charge in [-0.25, -0.2) is 0 Å². The van der Waals surface area contributed by atoms with Crippen molar-refractivity contribution >= 4 is 17.7 Å². The molecule has 0 radical (unpaired) electrons. The average Bonchev–Trinajstić information content (AvgIpc) is 2.46. The highest BCUT2D eigenvalue weighted by Crippen LogP contribution is 2.26. The molecular formula is C13H25N3OS. The van der Waals surface area contributed by atoms with Crippen LogP contribution in [0.5, 0.6) is 0 Å². The van der Waals surface area contributed by atoms with Crippen molar-refractivity contribution in [1.29, 1.82) is 0 Å². The first kappa shape index (κ1) is 14.2. The van der Waals surface area contributed by atoms with E-state index >= 15 is 0 Å². The van der Waals surface area contributed by atoms with Crippen LogP contribution in [0.1, 0.15) is 25.7 Å². The molecule has 0 aromatic carbocycles. The van der Waals surface area contributed by atoms with Gasteiger partial charge in [0.15, 0.2) is 0 Å². The first-order valence-corrected chi connectivity index (χ1v) is 8.26. The minimum absolute atomic E-state index is 0.178. The number of rotatable bonds is 4. The third-order valence-electron chi connectivity index (χ3n) is 3.92. The van der Waals surface area contributed by atoms with Crippen molar-refractivity contribution < 1.29 is 4.79 Å². The Labute approximate surface area is 114 Å². The zero-order valence-electron chi connectivity index (χ0n) is 11.1. The molecule has 2 fully saturated rings. The SMILES string of the molecule is NCCNC(=O)C1CCCN(C2CCCSC2)C1.